The molecule has 192 valence electrons. The zero-order valence-corrected chi connectivity index (χ0v) is 22.5. The number of esters is 1. The van der Waals surface area contributed by atoms with Gasteiger partial charge in [0.1, 0.15) is 5.75 Å². The molecular formula is C27H26IN3O6. The molecule has 3 aromatic rings. The van der Waals surface area contributed by atoms with Crippen LogP contribution in [0.4, 0.5) is 0 Å². The Balaban J connectivity index is 1.57. The maximum absolute atomic E-state index is 12.6. The topological polar surface area (TPSA) is 115 Å². The number of benzene rings is 3. The summed E-state index contributed by atoms with van der Waals surface area (Å²) in [6.45, 7) is 4.35. The number of hydrazone groups is 1. The average Bonchev–Trinajstić information content (AvgIpc) is 2.89. The molecule has 3 aromatic carbocycles. The van der Waals surface area contributed by atoms with Gasteiger partial charge in [-0.3, -0.25) is 9.59 Å². The zero-order chi connectivity index (χ0) is 26.6. The molecule has 3 rings (SSSR count). The molecule has 0 aliphatic rings. The van der Waals surface area contributed by atoms with Gasteiger partial charge < -0.3 is 19.5 Å². The molecule has 37 heavy (non-hydrogen) atoms. The van der Waals surface area contributed by atoms with E-state index in [-0.39, 0.29) is 18.2 Å². The number of rotatable bonds is 11. The molecule has 0 bridgehead atoms. The number of amides is 2. The van der Waals surface area contributed by atoms with E-state index in [1.54, 1.807) is 54.6 Å². The van der Waals surface area contributed by atoms with E-state index in [1.807, 2.05) is 26.0 Å². The van der Waals surface area contributed by atoms with Gasteiger partial charge in [-0.15, -0.1) is 0 Å². The predicted molar refractivity (Wildman–Crippen MR) is 147 cm³/mol. The Labute approximate surface area is 228 Å². The third-order valence-corrected chi connectivity index (χ3v) is 5.74. The van der Waals surface area contributed by atoms with Gasteiger partial charge in [0.05, 0.1) is 37.1 Å². The highest BCUT2D eigenvalue weighted by atomic mass is 127. The van der Waals surface area contributed by atoms with Crippen molar-refractivity contribution >= 4 is 46.6 Å². The summed E-state index contributed by atoms with van der Waals surface area (Å²) >= 11 is 2.06. The van der Waals surface area contributed by atoms with Crippen LogP contribution in [-0.4, -0.2) is 43.8 Å². The molecule has 2 N–H and O–H groups in total. The third kappa shape index (κ3) is 8.31. The van der Waals surface area contributed by atoms with E-state index in [4.69, 9.17) is 14.2 Å². The van der Waals surface area contributed by atoms with Crippen LogP contribution in [0.2, 0.25) is 0 Å². The van der Waals surface area contributed by atoms with E-state index < -0.39 is 11.9 Å². The highest BCUT2D eigenvalue weighted by Gasteiger charge is 2.14. The molecule has 0 radical (unpaired) electrons. The minimum atomic E-state index is -0.537. The highest BCUT2D eigenvalue weighted by Crippen LogP contribution is 2.29. The first-order valence-electron chi connectivity index (χ1n) is 11.5. The van der Waals surface area contributed by atoms with Crippen LogP contribution in [0.25, 0.3) is 0 Å². The average molecular weight is 615 g/mol. The Kier molecular flexibility index (Phi) is 10.4. The van der Waals surface area contributed by atoms with Crippen molar-refractivity contribution < 1.29 is 28.6 Å². The molecule has 0 saturated heterocycles. The van der Waals surface area contributed by atoms with Gasteiger partial charge >= 0.3 is 5.97 Å². The molecule has 0 unspecified atom stereocenters. The van der Waals surface area contributed by atoms with Crippen LogP contribution in [0.5, 0.6) is 17.2 Å². The van der Waals surface area contributed by atoms with Gasteiger partial charge in [-0.2, -0.15) is 5.10 Å². The number of hydrogen-bond acceptors (Lipinski definition) is 7. The van der Waals surface area contributed by atoms with Crippen molar-refractivity contribution in [2.45, 2.75) is 13.8 Å². The predicted octanol–water partition coefficient (Wildman–Crippen LogP) is 4.19. The molecule has 0 aliphatic heterocycles. The minimum Gasteiger partial charge on any atom is -0.494 e. The maximum Gasteiger partial charge on any atom is 0.343 e. The first-order valence-corrected chi connectivity index (χ1v) is 12.6. The van der Waals surface area contributed by atoms with Gasteiger partial charge in [-0.05, 0) is 96.6 Å². The lowest BCUT2D eigenvalue weighted by atomic mass is 10.2. The van der Waals surface area contributed by atoms with Crippen LogP contribution in [0, 0.1) is 3.57 Å². The van der Waals surface area contributed by atoms with Gasteiger partial charge in [-0.25, -0.2) is 10.2 Å². The summed E-state index contributed by atoms with van der Waals surface area (Å²) in [7, 11) is 0. The smallest absolute Gasteiger partial charge is 0.343 e. The molecule has 10 heteroatoms. The van der Waals surface area contributed by atoms with E-state index in [0.717, 1.165) is 3.57 Å². The van der Waals surface area contributed by atoms with Crippen LogP contribution >= 0.6 is 22.6 Å². The lowest BCUT2D eigenvalue weighted by Crippen LogP contribution is -2.35. The summed E-state index contributed by atoms with van der Waals surface area (Å²) in [5.74, 6) is -0.104. The largest absolute Gasteiger partial charge is 0.494 e. The van der Waals surface area contributed by atoms with Crippen molar-refractivity contribution in [2.75, 3.05) is 19.8 Å². The normalized spacial score (nSPS) is 10.6. The lowest BCUT2D eigenvalue weighted by molar-refractivity contribution is -0.120. The SMILES string of the molecule is CCOc1ccc(C(=O)Oc2ccc(/C=N/NC(=O)CNC(=O)c3ccccc3I)cc2OCC)cc1. The Bertz CT molecular complexity index is 1280. The Hall–Kier alpha value is -3.93. The number of halogens is 1. The molecule has 2 amide bonds. The molecular weight excluding hydrogens is 589 g/mol. The lowest BCUT2D eigenvalue weighted by Gasteiger charge is -2.11. The van der Waals surface area contributed by atoms with Crippen LogP contribution in [-0.2, 0) is 4.79 Å². The van der Waals surface area contributed by atoms with Gasteiger partial charge in [0.15, 0.2) is 11.5 Å². The van der Waals surface area contributed by atoms with Crippen molar-refractivity contribution in [3.05, 3.63) is 87.0 Å². The molecule has 0 heterocycles. The molecule has 0 aromatic heterocycles. The van der Waals surface area contributed by atoms with Gasteiger partial charge in [-0.1, -0.05) is 12.1 Å². The fourth-order valence-corrected chi connectivity index (χ4v) is 3.72. The van der Waals surface area contributed by atoms with E-state index in [9.17, 15) is 14.4 Å². The summed E-state index contributed by atoms with van der Waals surface area (Å²) in [6.07, 6.45) is 1.42. The Morgan fingerprint density at radius 3 is 2.35 bits per heavy atom. The molecule has 0 fully saturated rings. The van der Waals surface area contributed by atoms with E-state index in [1.165, 1.54) is 6.21 Å². The van der Waals surface area contributed by atoms with Crippen molar-refractivity contribution in [3.63, 3.8) is 0 Å². The van der Waals surface area contributed by atoms with E-state index >= 15 is 0 Å². The maximum atomic E-state index is 12.6. The van der Waals surface area contributed by atoms with Crippen LogP contribution in [0.15, 0.2) is 71.8 Å². The second kappa shape index (κ2) is 14.0. The fourth-order valence-electron chi connectivity index (χ4n) is 3.09. The molecule has 0 atom stereocenters. The van der Waals surface area contributed by atoms with Crippen molar-refractivity contribution in [3.8, 4) is 17.2 Å². The molecule has 0 spiro atoms. The van der Waals surface area contributed by atoms with Gasteiger partial charge in [0.2, 0.25) is 0 Å². The first kappa shape index (κ1) is 27.7. The molecule has 9 nitrogen and oxygen atoms in total. The first-order chi connectivity index (χ1) is 17.9. The van der Waals surface area contributed by atoms with Gasteiger partial charge in [0, 0.05) is 3.57 Å². The highest BCUT2D eigenvalue weighted by molar-refractivity contribution is 14.1. The second-order valence-corrected chi connectivity index (χ2v) is 8.60. The number of carbonyl (C=O) groups is 3. The van der Waals surface area contributed by atoms with Crippen LogP contribution < -0.4 is 25.0 Å². The van der Waals surface area contributed by atoms with Crippen LogP contribution in [0.3, 0.4) is 0 Å². The fraction of sp³-hybridized carbons (Fsp3) is 0.185. The number of ether oxygens (including phenoxy) is 3. The third-order valence-electron chi connectivity index (χ3n) is 4.80. The summed E-state index contributed by atoms with van der Waals surface area (Å²) in [5, 5.41) is 6.48. The number of hydrogen-bond donors (Lipinski definition) is 2. The minimum absolute atomic E-state index is 0.230. The standard InChI is InChI=1S/C27H26IN3O6/c1-3-35-20-12-10-19(11-13-20)27(34)37-23-14-9-18(15-24(23)36-4-2)16-30-31-25(32)17-29-26(33)21-7-5-6-8-22(21)28/h5-16H,3-4,17H2,1-2H3,(H,29,33)(H,31,32)/b30-16+. The quantitative estimate of drug-likeness (QED) is 0.110. The molecule has 0 saturated carbocycles. The number of nitrogens with one attached hydrogen (secondary N) is 2. The van der Waals surface area contributed by atoms with E-state index in [0.29, 0.717) is 41.4 Å². The summed E-state index contributed by atoms with van der Waals surface area (Å²) in [6, 6.07) is 18.6. The van der Waals surface area contributed by atoms with Crippen LogP contribution in [0.1, 0.15) is 40.1 Å². The van der Waals surface area contributed by atoms with E-state index in [2.05, 4.69) is 38.4 Å². The number of carbonyl (C=O) groups excluding carboxylic acids is 3. The van der Waals surface area contributed by atoms with Crippen molar-refractivity contribution in [1.29, 1.82) is 0 Å². The van der Waals surface area contributed by atoms with Crippen molar-refractivity contribution in [1.82, 2.24) is 10.7 Å². The summed E-state index contributed by atoms with van der Waals surface area (Å²) in [5.41, 5.74) is 3.83. The number of nitrogens with zero attached hydrogens (tertiary/aromatic N) is 1. The zero-order valence-electron chi connectivity index (χ0n) is 20.3. The Morgan fingerprint density at radius 2 is 1.65 bits per heavy atom. The van der Waals surface area contributed by atoms with Crippen molar-refractivity contribution in [2.24, 2.45) is 5.10 Å². The Morgan fingerprint density at radius 1 is 0.919 bits per heavy atom. The van der Waals surface area contributed by atoms with Gasteiger partial charge in [0.25, 0.3) is 11.8 Å². The summed E-state index contributed by atoms with van der Waals surface area (Å²) in [4.78, 5) is 36.8. The monoisotopic (exact) mass is 615 g/mol. The molecule has 0 aliphatic carbocycles. The second-order valence-electron chi connectivity index (χ2n) is 7.44. The summed E-state index contributed by atoms with van der Waals surface area (Å²) < 4.78 is 17.3.